The number of anilines is 1. The number of ether oxygens (including phenoxy) is 2. The average molecular weight is 367 g/mol. The van der Waals surface area contributed by atoms with Crippen molar-refractivity contribution in [2.24, 2.45) is 0 Å². The van der Waals surface area contributed by atoms with Gasteiger partial charge in [-0.25, -0.2) is 0 Å². The summed E-state index contributed by atoms with van der Waals surface area (Å²) >= 11 is 0. The van der Waals surface area contributed by atoms with Crippen LogP contribution in [0.2, 0.25) is 0 Å². The lowest BCUT2D eigenvalue weighted by molar-refractivity contribution is 0.366. The van der Waals surface area contributed by atoms with Gasteiger partial charge in [0, 0.05) is 23.6 Å². The van der Waals surface area contributed by atoms with Gasteiger partial charge in [-0.15, -0.1) is 0 Å². The topological polar surface area (TPSA) is 50.7 Å². The maximum atomic E-state index is 10.5. The van der Waals surface area contributed by atoms with Gasteiger partial charge in [0.1, 0.15) is 5.75 Å². The number of aromatic hydroxyl groups is 1. The Bertz CT molecular complexity index is 868. The van der Waals surface area contributed by atoms with Crippen LogP contribution in [0.3, 0.4) is 0 Å². The van der Waals surface area contributed by atoms with E-state index in [0.717, 1.165) is 17.5 Å². The summed E-state index contributed by atoms with van der Waals surface area (Å²) in [6, 6.07) is 21.9. The summed E-state index contributed by atoms with van der Waals surface area (Å²) in [6.07, 6.45) is 0. The first-order valence-corrected chi connectivity index (χ1v) is 9.30. The third-order valence-corrected chi connectivity index (χ3v) is 5.46. The van der Waals surface area contributed by atoms with Gasteiger partial charge in [0.05, 0.1) is 14.2 Å². The van der Waals surface area contributed by atoms with Gasteiger partial charge in [0.2, 0.25) is 0 Å². The lowest BCUT2D eigenvalue weighted by Gasteiger charge is -2.15. The fourth-order valence-corrected chi connectivity index (χ4v) is 3.90. The van der Waals surface area contributed by atoms with Crippen LogP contribution < -0.4 is 25.4 Å². The molecule has 1 atom stereocenters. The molecule has 0 saturated carbocycles. The fraction of sp³-hybridized carbons (Fsp3) is 0.143. The van der Waals surface area contributed by atoms with E-state index in [0.29, 0.717) is 20.1 Å². The Hall–Kier alpha value is -2.71. The zero-order valence-corrected chi connectivity index (χ0v) is 15.8. The van der Waals surface area contributed by atoms with Crippen molar-refractivity contribution in [1.29, 1.82) is 0 Å². The highest BCUT2D eigenvalue weighted by atomic mass is 31.1. The highest BCUT2D eigenvalue weighted by Crippen LogP contribution is 2.33. The molecule has 0 aliphatic carbocycles. The van der Waals surface area contributed by atoms with Gasteiger partial charge in [-0.2, -0.15) is 0 Å². The van der Waals surface area contributed by atoms with Crippen LogP contribution in [0.4, 0.5) is 5.69 Å². The maximum Gasteiger partial charge on any atom is 0.165 e. The van der Waals surface area contributed by atoms with Crippen LogP contribution in [-0.2, 0) is 6.54 Å². The van der Waals surface area contributed by atoms with Crippen molar-refractivity contribution in [3.8, 4) is 17.2 Å². The van der Waals surface area contributed by atoms with E-state index in [9.17, 15) is 5.11 Å². The molecule has 0 saturated heterocycles. The molecule has 2 N–H and O–H groups in total. The molecule has 1 unspecified atom stereocenters. The van der Waals surface area contributed by atoms with Crippen molar-refractivity contribution >= 4 is 24.9 Å². The van der Waals surface area contributed by atoms with Gasteiger partial charge in [-0.05, 0) is 29.1 Å². The number of methoxy groups -OCH3 is 2. The highest BCUT2D eigenvalue weighted by molar-refractivity contribution is 7.55. The molecule has 3 aromatic carbocycles. The van der Waals surface area contributed by atoms with E-state index >= 15 is 0 Å². The molecule has 0 aliphatic heterocycles. The van der Waals surface area contributed by atoms with Crippen molar-refractivity contribution in [2.75, 3.05) is 19.5 Å². The Morgan fingerprint density at radius 3 is 2.35 bits per heavy atom. The summed E-state index contributed by atoms with van der Waals surface area (Å²) in [7, 11) is 3.44. The number of benzene rings is 3. The van der Waals surface area contributed by atoms with Crippen molar-refractivity contribution in [3.05, 3.63) is 72.3 Å². The van der Waals surface area contributed by atoms with Crippen LogP contribution in [0.5, 0.6) is 17.2 Å². The van der Waals surface area contributed by atoms with Crippen molar-refractivity contribution in [2.45, 2.75) is 6.54 Å². The van der Waals surface area contributed by atoms with Crippen molar-refractivity contribution < 1.29 is 14.6 Å². The first kappa shape index (κ1) is 18.1. The molecule has 0 aromatic heterocycles. The lowest BCUT2D eigenvalue weighted by Crippen LogP contribution is -2.13. The molecule has 5 heteroatoms. The van der Waals surface area contributed by atoms with E-state index in [-0.39, 0.29) is 5.75 Å². The Balaban J connectivity index is 1.84. The second-order valence-corrected chi connectivity index (χ2v) is 7.05. The summed E-state index contributed by atoms with van der Waals surface area (Å²) in [6.45, 7) is 0.717. The summed E-state index contributed by atoms with van der Waals surface area (Å²) in [4.78, 5) is 0. The minimum Gasteiger partial charge on any atom is -0.504 e. The van der Waals surface area contributed by atoms with Crippen LogP contribution in [-0.4, -0.2) is 19.3 Å². The first-order chi connectivity index (χ1) is 12.7. The smallest absolute Gasteiger partial charge is 0.165 e. The van der Waals surface area contributed by atoms with Crippen molar-refractivity contribution in [1.82, 2.24) is 0 Å². The lowest BCUT2D eigenvalue weighted by atomic mass is 10.2. The molecule has 0 heterocycles. The summed E-state index contributed by atoms with van der Waals surface area (Å²) in [5.41, 5.74) is 2.27. The molecule has 0 amide bonds. The second-order valence-electron chi connectivity index (χ2n) is 5.73. The van der Waals surface area contributed by atoms with E-state index in [4.69, 9.17) is 9.47 Å². The van der Waals surface area contributed by atoms with Gasteiger partial charge in [0.15, 0.2) is 11.5 Å². The number of rotatable bonds is 7. The largest absolute Gasteiger partial charge is 0.504 e. The predicted molar refractivity (Wildman–Crippen MR) is 109 cm³/mol. The third-order valence-electron chi connectivity index (χ3n) is 4.05. The number of para-hydroxylation sites is 1. The van der Waals surface area contributed by atoms with E-state index in [1.807, 2.05) is 48.5 Å². The Morgan fingerprint density at radius 1 is 0.885 bits per heavy atom. The standard InChI is InChI=1S/C21H22NO3P/c1-24-17-12-18(25-2)21(23)20(13-17)26-19-11-7-6-8-15(19)14-22-16-9-4-3-5-10-16/h3-13,22-23,26H,14H2,1-2H3. The molecular weight excluding hydrogens is 345 g/mol. The number of nitrogens with one attached hydrogen (secondary N) is 1. The van der Waals surface area contributed by atoms with Crippen molar-refractivity contribution in [3.63, 3.8) is 0 Å². The highest BCUT2D eigenvalue weighted by Gasteiger charge is 2.13. The molecule has 0 aliphatic rings. The summed E-state index contributed by atoms with van der Waals surface area (Å²) in [5, 5.41) is 15.9. The van der Waals surface area contributed by atoms with Gasteiger partial charge in [0.25, 0.3) is 0 Å². The normalized spacial score (nSPS) is 10.8. The van der Waals surface area contributed by atoms with E-state index in [2.05, 4.69) is 17.4 Å². The summed E-state index contributed by atoms with van der Waals surface area (Å²) in [5.74, 6) is 1.26. The number of hydrogen-bond acceptors (Lipinski definition) is 4. The monoisotopic (exact) mass is 367 g/mol. The predicted octanol–water partition coefficient (Wildman–Crippen LogP) is 3.65. The van der Waals surface area contributed by atoms with Crippen LogP contribution in [0.1, 0.15) is 5.56 Å². The molecular formula is C21H22NO3P. The van der Waals surface area contributed by atoms with Crippen LogP contribution in [0, 0.1) is 0 Å². The molecule has 0 fully saturated rings. The first-order valence-electron chi connectivity index (χ1n) is 8.30. The molecule has 26 heavy (non-hydrogen) atoms. The van der Waals surface area contributed by atoms with Gasteiger partial charge >= 0.3 is 0 Å². The second kappa shape index (κ2) is 8.59. The number of phenolic OH excluding ortho intramolecular Hbond substituents is 1. The zero-order chi connectivity index (χ0) is 18.4. The minimum absolute atomic E-state index is 0.164. The van der Waals surface area contributed by atoms with E-state index < -0.39 is 0 Å². The van der Waals surface area contributed by atoms with Crippen LogP contribution in [0.25, 0.3) is 0 Å². The van der Waals surface area contributed by atoms with Crippen LogP contribution >= 0.6 is 8.58 Å². The molecule has 4 nitrogen and oxygen atoms in total. The molecule has 0 spiro atoms. The summed E-state index contributed by atoms with van der Waals surface area (Å²) < 4.78 is 10.6. The quantitative estimate of drug-likeness (QED) is 0.626. The Morgan fingerprint density at radius 2 is 1.62 bits per heavy atom. The number of hydrogen-bond donors (Lipinski definition) is 2. The molecule has 0 radical (unpaired) electrons. The minimum atomic E-state index is 0.164. The van der Waals surface area contributed by atoms with E-state index in [1.54, 1.807) is 20.3 Å². The molecule has 0 bridgehead atoms. The maximum absolute atomic E-state index is 10.5. The number of phenols is 1. The average Bonchev–Trinajstić information content (AvgIpc) is 2.69. The Labute approximate surface area is 155 Å². The molecule has 3 rings (SSSR count). The van der Waals surface area contributed by atoms with Crippen LogP contribution in [0.15, 0.2) is 66.7 Å². The fourth-order valence-electron chi connectivity index (χ4n) is 2.65. The Kier molecular flexibility index (Phi) is 5.98. The SMILES string of the molecule is COc1cc(OC)c(O)c(Pc2ccccc2CNc2ccccc2)c1. The molecule has 3 aromatic rings. The zero-order valence-electron chi connectivity index (χ0n) is 14.8. The van der Waals surface area contributed by atoms with Gasteiger partial charge in [-0.3, -0.25) is 0 Å². The van der Waals surface area contributed by atoms with E-state index in [1.165, 1.54) is 10.9 Å². The third kappa shape index (κ3) is 4.27. The van der Waals surface area contributed by atoms with Gasteiger partial charge < -0.3 is 19.9 Å². The van der Waals surface area contributed by atoms with Gasteiger partial charge in [-0.1, -0.05) is 51.0 Å². The molecule has 134 valence electrons.